The molecule has 0 fully saturated rings. The zero-order chi connectivity index (χ0) is 20.8. The van der Waals surface area contributed by atoms with Gasteiger partial charge in [-0.1, -0.05) is 13.8 Å². The van der Waals surface area contributed by atoms with Crippen LogP contribution in [0.5, 0.6) is 11.5 Å². The highest BCUT2D eigenvalue weighted by Crippen LogP contribution is 2.32. The van der Waals surface area contributed by atoms with E-state index in [4.69, 9.17) is 18.6 Å². The summed E-state index contributed by atoms with van der Waals surface area (Å²) in [5, 5.41) is 5.18. The molecule has 2 heterocycles. The second-order valence-electron chi connectivity index (χ2n) is 6.69. The number of furan rings is 1. The standard InChI is InChI=1S/C20H22N2O7/c1-12(2)18(22-19(24)15-4-3-7-26-15)20(25)29-11-17(23)21-13-5-6-14-16(10-13)28-9-8-27-14/h3-7,10,12,18H,8-9,11H2,1-2H3,(H,21,23)(H,22,24)/t18-/m0/s1. The fourth-order valence-electron chi connectivity index (χ4n) is 2.66. The minimum Gasteiger partial charge on any atom is -0.486 e. The van der Waals surface area contributed by atoms with E-state index < -0.39 is 30.4 Å². The van der Waals surface area contributed by atoms with Crippen LogP contribution in [0.1, 0.15) is 24.4 Å². The first kappa shape index (κ1) is 20.2. The smallest absolute Gasteiger partial charge is 0.329 e. The molecule has 1 aliphatic rings. The number of benzene rings is 1. The highest BCUT2D eigenvalue weighted by Gasteiger charge is 2.27. The van der Waals surface area contributed by atoms with E-state index in [1.54, 1.807) is 38.1 Å². The highest BCUT2D eigenvalue weighted by atomic mass is 16.6. The minimum atomic E-state index is -0.922. The topological polar surface area (TPSA) is 116 Å². The van der Waals surface area contributed by atoms with Gasteiger partial charge in [0.1, 0.15) is 19.3 Å². The first-order valence-electron chi connectivity index (χ1n) is 9.14. The molecule has 1 atom stereocenters. The van der Waals surface area contributed by atoms with Crippen molar-refractivity contribution in [1.29, 1.82) is 0 Å². The summed E-state index contributed by atoms with van der Waals surface area (Å²) in [6.07, 6.45) is 1.36. The predicted octanol–water partition coefficient (Wildman–Crippen LogP) is 1.99. The molecule has 2 N–H and O–H groups in total. The van der Waals surface area contributed by atoms with E-state index >= 15 is 0 Å². The van der Waals surface area contributed by atoms with Gasteiger partial charge in [-0.25, -0.2) is 4.79 Å². The Hall–Kier alpha value is -3.49. The fraction of sp³-hybridized carbons (Fsp3) is 0.350. The molecule has 0 bridgehead atoms. The summed E-state index contributed by atoms with van der Waals surface area (Å²) in [7, 11) is 0. The molecule has 9 nitrogen and oxygen atoms in total. The molecule has 0 aliphatic carbocycles. The largest absolute Gasteiger partial charge is 0.486 e. The highest BCUT2D eigenvalue weighted by molar-refractivity contribution is 5.96. The van der Waals surface area contributed by atoms with Gasteiger partial charge in [-0.2, -0.15) is 0 Å². The number of ether oxygens (including phenoxy) is 3. The summed E-state index contributed by atoms with van der Waals surface area (Å²) in [6, 6.07) is 7.12. The maximum atomic E-state index is 12.4. The summed E-state index contributed by atoms with van der Waals surface area (Å²) < 4.78 is 21.0. The van der Waals surface area contributed by atoms with Gasteiger partial charge in [-0.3, -0.25) is 9.59 Å². The second kappa shape index (κ2) is 9.13. The Morgan fingerprint density at radius 3 is 2.55 bits per heavy atom. The van der Waals surface area contributed by atoms with Gasteiger partial charge in [0.2, 0.25) is 0 Å². The molecule has 1 aromatic carbocycles. The lowest BCUT2D eigenvalue weighted by Gasteiger charge is -2.20. The normalized spacial score (nSPS) is 13.5. The third-order valence-electron chi connectivity index (χ3n) is 4.12. The lowest BCUT2D eigenvalue weighted by molar-refractivity contribution is -0.150. The van der Waals surface area contributed by atoms with Crippen molar-refractivity contribution in [3.8, 4) is 11.5 Å². The molecule has 29 heavy (non-hydrogen) atoms. The lowest BCUT2D eigenvalue weighted by Crippen LogP contribution is -2.45. The van der Waals surface area contributed by atoms with Gasteiger partial charge < -0.3 is 29.3 Å². The maximum Gasteiger partial charge on any atom is 0.329 e. The Labute approximate surface area is 167 Å². The van der Waals surface area contributed by atoms with Gasteiger partial charge in [0.15, 0.2) is 23.9 Å². The van der Waals surface area contributed by atoms with Gasteiger partial charge in [0.05, 0.1) is 6.26 Å². The summed E-state index contributed by atoms with van der Waals surface area (Å²) in [5.74, 6) is -0.792. The predicted molar refractivity (Wildman–Crippen MR) is 102 cm³/mol. The average Bonchev–Trinajstić information content (AvgIpc) is 3.25. The molecule has 154 valence electrons. The maximum absolute atomic E-state index is 12.4. The van der Waals surface area contributed by atoms with Crippen LogP contribution in [0.25, 0.3) is 0 Å². The van der Waals surface area contributed by atoms with E-state index in [2.05, 4.69) is 10.6 Å². The molecule has 2 aromatic rings. The number of hydrogen-bond acceptors (Lipinski definition) is 7. The van der Waals surface area contributed by atoms with Crippen LogP contribution in [0.3, 0.4) is 0 Å². The van der Waals surface area contributed by atoms with Crippen molar-refractivity contribution in [1.82, 2.24) is 5.32 Å². The first-order chi connectivity index (χ1) is 13.9. The number of nitrogens with one attached hydrogen (secondary N) is 2. The quantitative estimate of drug-likeness (QED) is 0.680. The number of carbonyl (C=O) groups excluding carboxylic acids is 3. The Balaban J connectivity index is 1.52. The molecule has 1 aliphatic heterocycles. The number of amides is 2. The minimum absolute atomic E-state index is 0.0831. The van der Waals surface area contributed by atoms with E-state index in [1.165, 1.54) is 12.3 Å². The monoisotopic (exact) mass is 402 g/mol. The number of carbonyl (C=O) groups is 3. The second-order valence-corrected chi connectivity index (χ2v) is 6.69. The molecule has 3 rings (SSSR count). The lowest BCUT2D eigenvalue weighted by atomic mass is 10.0. The number of rotatable bonds is 7. The zero-order valence-corrected chi connectivity index (χ0v) is 16.1. The Morgan fingerprint density at radius 2 is 1.86 bits per heavy atom. The fourth-order valence-corrected chi connectivity index (χ4v) is 2.66. The van der Waals surface area contributed by atoms with Crippen LogP contribution < -0.4 is 20.1 Å². The van der Waals surface area contributed by atoms with Crippen LogP contribution in [0, 0.1) is 5.92 Å². The molecule has 0 radical (unpaired) electrons. The van der Waals surface area contributed by atoms with Crippen molar-refractivity contribution >= 4 is 23.5 Å². The van der Waals surface area contributed by atoms with E-state index in [1.807, 2.05) is 0 Å². The number of fused-ring (bicyclic) bond motifs is 1. The molecule has 0 saturated carbocycles. The Bertz CT molecular complexity index is 877. The molecule has 1 aromatic heterocycles. The Morgan fingerprint density at radius 1 is 1.10 bits per heavy atom. The number of hydrogen-bond donors (Lipinski definition) is 2. The number of esters is 1. The van der Waals surface area contributed by atoms with Crippen LogP contribution >= 0.6 is 0 Å². The molecule has 2 amide bonds. The van der Waals surface area contributed by atoms with Crippen molar-refractivity contribution in [3.05, 3.63) is 42.4 Å². The summed E-state index contributed by atoms with van der Waals surface area (Å²) in [6.45, 7) is 3.92. The van der Waals surface area contributed by atoms with Crippen LogP contribution in [0.2, 0.25) is 0 Å². The third kappa shape index (κ3) is 5.28. The molecule has 0 unspecified atom stereocenters. The zero-order valence-electron chi connectivity index (χ0n) is 16.1. The SMILES string of the molecule is CC(C)[C@H](NC(=O)c1ccco1)C(=O)OCC(=O)Nc1ccc2c(c1)OCCO2. The summed E-state index contributed by atoms with van der Waals surface area (Å²) >= 11 is 0. The molecule has 0 spiro atoms. The summed E-state index contributed by atoms with van der Waals surface area (Å²) in [4.78, 5) is 36.6. The first-order valence-corrected chi connectivity index (χ1v) is 9.14. The summed E-state index contributed by atoms with van der Waals surface area (Å²) in [5.41, 5.74) is 0.488. The van der Waals surface area contributed by atoms with Gasteiger partial charge >= 0.3 is 5.97 Å². The Kier molecular flexibility index (Phi) is 6.38. The van der Waals surface area contributed by atoms with Crippen molar-refractivity contribution < 1.29 is 33.0 Å². The van der Waals surface area contributed by atoms with E-state index in [9.17, 15) is 14.4 Å². The van der Waals surface area contributed by atoms with Crippen LogP contribution in [-0.2, 0) is 14.3 Å². The molecular formula is C20H22N2O7. The van der Waals surface area contributed by atoms with Crippen LogP contribution in [-0.4, -0.2) is 43.6 Å². The molecule has 9 heteroatoms. The van der Waals surface area contributed by atoms with E-state index in [-0.39, 0.29) is 11.7 Å². The van der Waals surface area contributed by atoms with Crippen molar-refractivity contribution in [2.45, 2.75) is 19.9 Å². The molecule has 0 saturated heterocycles. The third-order valence-corrected chi connectivity index (χ3v) is 4.12. The van der Waals surface area contributed by atoms with Crippen LogP contribution in [0.4, 0.5) is 5.69 Å². The average molecular weight is 402 g/mol. The van der Waals surface area contributed by atoms with Crippen molar-refractivity contribution in [2.75, 3.05) is 25.1 Å². The van der Waals surface area contributed by atoms with Crippen molar-refractivity contribution in [2.24, 2.45) is 5.92 Å². The van der Waals surface area contributed by atoms with Gasteiger partial charge in [0.25, 0.3) is 11.8 Å². The van der Waals surface area contributed by atoms with Crippen LogP contribution in [0.15, 0.2) is 41.0 Å². The molecular weight excluding hydrogens is 380 g/mol. The number of anilines is 1. The van der Waals surface area contributed by atoms with Gasteiger partial charge in [-0.05, 0) is 30.2 Å². The van der Waals surface area contributed by atoms with Gasteiger partial charge in [0, 0.05) is 11.8 Å². The van der Waals surface area contributed by atoms with Crippen molar-refractivity contribution in [3.63, 3.8) is 0 Å². The van der Waals surface area contributed by atoms with E-state index in [0.717, 1.165) is 0 Å². The van der Waals surface area contributed by atoms with E-state index in [0.29, 0.717) is 30.4 Å². The van der Waals surface area contributed by atoms with Gasteiger partial charge in [-0.15, -0.1) is 0 Å².